The first-order valence-electron chi connectivity index (χ1n) is 6.12. The number of carbonyl (C=O) groups is 2. The molecule has 104 valence electrons. The van der Waals surface area contributed by atoms with Crippen molar-refractivity contribution in [2.75, 3.05) is 6.54 Å². The van der Waals surface area contributed by atoms with Gasteiger partial charge in [0.15, 0.2) is 0 Å². The Kier molecular flexibility index (Phi) is 3.37. The molecule has 0 unspecified atom stereocenters. The molecule has 0 saturated heterocycles. The summed E-state index contributed by atoms with van der Waals surface area (Å²) in [6, 6.07) is 2.37. The maximum atomic E-state index is 12.1. The highest BCUT2D eigenvalue weighted by atomic mass is 16.7. The van der Waals surface area contributed by atoms with Crippen LogP contribution in [0.1, 0.15) is 26.2 Å². The van der Waals surface area contributed by atoms with E-state index in [0.29, 0.717) is 24.1 Å². The molecular formula is C12H16N2O5. The average Bonchev–Trinajstić information content (AvgIpc) is 2.60. The van der Waals surface area contributed by atoms with Gasteiger partial charge < -0.3 is 20.4 Å². The summed E-state index contributed by atoms with van der Waals surface area (Å²) in [5.74, 6) is -1.96. The van der Waals surface area contributed by atoms with Crippen LogP contribution in [0, 0.1) is 5.41 Å². The Morgan fingerprint density at radius 3 is 2.37 bits per heavy atom. The maximum Gasteiger partial charge on any atom is 0.348 e. The van der Waals surface area contributed by atoms with E-state index in [1.54, 1.807) is 6.92 Å². The number of aromatic nitrogens is 1. The van der Waals surface area contributed by atoms with Crippen LogP contribution in [0.4, 0.5) is 0 Å². The molecule has 1 aliphatic rings. The first kappa shape index (κ1) is 13.3. The van der Waals surface area contributed by atoms with Crippen LogP contribution in [0.25, 0.3) is 0 Å². The number of aromatic hydroxyl groups is 2. The Bertz CT molecular complexity index is 485. The second-order valence-electron chi connectivity index (χ2n) is 4.52. The molecule has 1 saturated carbocycles. The highest BCUT2D eigenvalue weighted by Crippen LogP contribution is 2.42. The zero-order valence-electron chi connectivity index (χ0n) is 10.5. The van der Waals surface area contributed by atoms with Gasteiger partial charge in [-0.25, -0.2) is 4.79 Å². The van der Waals surface area contributed by atoms with E-state index in [4.69, 9.17) is 4.84 Å². The van der Waals surface area contributed by atoms with E-state index in [1.165, 1.54) is 12.1 Å². The minimum Gasteiger partial charge on any atom is -0.492 e. The van der Waals surface area contributed by atoms with Gasteiger partial charge in [0.05, 0.1) is 0 Å². The SMILES string of the molecule is CCNC(=O)C1(C(=O)On2c(O)ccc2O)CCC1. The summed E-state index contributed by atoms with van der Waals surface area (Å²) < 4.78 is 0.599. The number of amides is 1. The third-order valence-electron chi connectivity index (χ3n) is 3.34. The molecule has 7 nitrogen and oxygen atoms in total. The zero-order chi connectivity index (χ0) is 14.0. The molecule has 2 rings (SSSR count). The summed E-state index contributed by atoms with van der Waals surface area (Å²) in [5, 5.41) is 21.4. The lowest BCUT2D eigenvalue weighted by Crippen LogP contribution is -2.53. The minimum absolute atomic E-state index is 0.377. The van der Waals surface area contributed by atoms with Gasteiger partial charge in [-0.1, -0.05) is 6.42 Å². The Labute approximate surface area is 109 Å². The second-order valence-corrected chi connectivity index (χ2v) is 4.52. The number of hydrogen-bond acceptors (Lipinski definition) is 5. The van der Waals surface area contributed by atoms with Crippen molar-refractivity contribution >= 4 is 11.9 Å². The van der Waals surface area contributed by atoms with E-state index in [9.17, 15) is 19.8 Å². The Hall–Kier alpha value is -2.18. The van der Waals surface area contributed by atoms with Gasteiger partial charge in [-0.15, -0.1) is 4.73 Å². The first-order valence-corrected chi connectivity index (χ1v) is 6.12. The molecule has 19 heavy (non-hydrogen) atoms. The van der Waals surface area contributed by atoms with Crippen LogP contribution in [0.15, 0.2) is 12.1 Å². The van der Waals surface area contributed by atoms with Crippen LogP contribution in [0.2, 0.25) is 0 Å². The van der Waals surface area contributed by atoms with E-state index in [2.05, 4.69) is 5.32 Å². The lowest BCUT2D eigenvalue weighted by molar-refractivity contribution is -0.169. The molecule has 0 spiro atoms. The van der Waals surface area contributed by atoms with Gasteiger partial charge in [0.25, 0.3) is 0 Å². The standard InChI is InChI=1S/C12H16N2O5/c1-2-13-10(17)12(6-3-7-12)11(18)19-14-8(15)4-5-9(14)16/h4-5,15-16H,2-3,6-7H2,1H3,(H,13,17). The predicted octanol–water partition coefficient (Wildman–Crippen LogP) is 0.161. The molecule has 1 fully saturated rings. The van der Waals surface area contributed by atoms with E-state index < -0.39 is 23.1 Å². The van der Waals surface area contributed by atoms with Crippen LogP contribution < -0.4 is 10.2 Å². The number of rotatable bonds is 4. The molecule has 1 aromatic heterocycles. The molecule has 1 aliphatic carbocycles. The van der Waals surface area contributed by atoms with Crippen molar-refractivity contribution in [3.05, 3.63) is 12.1 Å². The van der Waals surface area contributed by atoms with Crippen molar-refractivity contribution in [2.24, 2.45) is 5.41 Å². The molecule has 0 radical (unpaired) electrons. The lowest BCUT2D eigenvalue weighted by Gasteiger charge is -2.36. The third-order valence-corrected chi connectivity index (χ3v) is 3.34. The van der Waals surface area contributed by atoms with Crippen LogP contribution in [-0.4, -0.2) is 33.4 Å². The van der Waals surface area contributed by atoms with Crippen molar-refractivity contribution in [1.29, 1.82) is 0 Å². The number of nitrogens with zero attached hydrogens (tertiary/aromatic N) is 1. The monoisotopic (exact) mass is 268 g/mol. The fourth-order valence-corrected chi connectivity index (χ4v) is 2.05. The summed E-state index contributed by atoms with van der Waals surface area (Å²) in [5.41, 5.74) is -1.21. The molecule has 7 heteroatoms. The number of nitrogens with one attached hydrogen (secondary N) is 1. The quantitative estimate of drug-likeness (QED) is 0.675. The molecule has 0 atom stereocenters. The Balaban J connectivity index is 2.16. The smallest absolute Gasteiger partial charge is 0.348 e. The number of hydrogen-bond donors (Lipinski definition) is 3. The third kappa shape index (κ3) is 2.11. The predicted molar refractivity (Wildman–Crippen MR) is 64.3 cm³/mol. The average molecular weight is 268 g/mol. The highest BCUT2D eigenvalue weighted by Gasteiger charge is 2.52. The van der Waals surface area contributed by atoms with E-state index in [-0.39, 0.29) is 5.91 Å². The molecule has 3 N–H and O–H groups in total. The van der Waals surface area contributed by atoms with Crippen LogP contribution >= 0.6 is 0 Å². The Morgan fingerprint density at radius 1 is 1.37 bits per heavy atom. The fourth-order valence-electron chi connectivity index (χ4n) is 2.05. The van der Waals surface area contributed by atoms with Gasteiger partial charge in [-0.3, -0.25) is 4.79 Å². The van der Waals surface area contributed by atoms with Gasteiger partial charge >= 0.3 is 5.97 Å². The van der Waals surface area contributed by atoms with Gasteiger partial charge in [-0.05, 0) is 19.8 Å². The van der Waals surface area contributed by atoms with Crippen LogP contribution in [0.3, 0.4) is 0 Å². The normalized spacial score (nSPS) is 16.5. The lowest BCUT2D eigenvalue weighted by atomic mass is 9.68. The van der Waals surface area contributed by atoms with Gasteiger partial charge in [-0.2, -0.15) is 0 Å². The summed E-state index contributed by atoms with van der Waals surface area (Å²) in [7, 11) is 0. The van der Waals surface area contributed by atoms with E-state index in [1.807, 2.05) is 0 Å². The van der Waals surface area contributed by atoms with Crippen molar-refractivity contribution in [3.63, 3.8) is 0 Å². The molecule has 0 aliphatic heterocycles. The number of carbonyl (C=O) groups excluding carboxylic acids is 2. The molecule has 0 aromatic carbocycles. The van der Waals surface area contributed by atoms with Gasteiger partial charge in [0, 0.05) is 18.7 Å². The van der Waals surface area contributed by atoms with Gasteiger partial charge in [0.2, 0.25) is 17.7 Å². The zero-order valence-corrected chi connectivity index (χ0v) is 10.5. The Morgan fingerprint density at radius 2 is 1.95 bits per heavy atom. The highest BCUT2D eigenvalue weighted by molar-refractivity contribution is 6.03. The summed E-state index contributed by atoms with van der Waals surface area (Å²) in [4.78, 5) is 29.0. The fraction of sp³-hybridized carbons (Fsp3) is 0.500. The van der Waals surface area contributed by atoms with Crippen molar-refractivity contribution < 1.29 is 24.6 Å². The largest absolute Gasteiger partial charge is 0.492 e. The van der Waals surface area contributed by atoms with E-state index >= 15 is 0 Å². The second kappa shape index (κ2) is 4.83. The van der Waals surface area contributed by atoms with Crippen molar-refractivity contribution in [2.45, 2.75) is 26.2 Å². The summed E-state index contributed by atoms with van der Waals surface area (Å²) in [6.45, 7) is 2.19. The molecule has 1 heterocycles. The van der Waals surface area contributed by atoms with Crippen molar-refractivity contribution in [1.82, 2.24) is 10.0 Å². The van der Waals surface area contributed by atoms with Crippen molar-refractivity contribution in [3.8, 4) is 11.8 Å². The summed E-state index contributed by atoms with van der Waals surface area (Å²) >= 11 is 0. The van der Waals surface area contributed by atoms with Crippen LogP contribution in [-0.2, 0) is 9.59 Å². The van der Waals surface area contributed by atoms with Gasteiger partial charge in [0.1, 0.15) is 5.41 Å². The van der Waals surface area contributed by atoms with Crippen LogP contribution in [0.5, 0.6) is 11.8 Å². The summed E-state index contributed by atoms with van der Waals surface area (Å²) in [6.07, 6.45) is 1.57. The van der Waals surface area contributed by atoms with E-state index in [0.717, 1.165) is 6.42 Å². The topological polar surface area (TPSA) is 101 Å². The molecular weight excluding hydrogens is 252 g/mol. The minimum atomic E-state index is -1.21. The molecule has 0 bridgehead atoms. The maximum absolute atomic E-state index is 12.1. The first-order chi connectivity index (χ1) is 9.01. The molecule has 1 aromatic rings. The molecule has 1 amide bonds.